The van der Waals surface area contributed by atoms with E-state index in [2.05, 4.69) is 6.58 Å². The maximum absolute atomic E-state index is 12.8. The minimum absolute atomic E-state index is 0.249. The summed E-state index contributed by atoms with van der Waals surface area (Å²) in [6, 6.07) is 9.97. The van der Waals surface area contributed by atoms with Gasteiger partial charge in [-0.05, 0) is 43.2 Å². The molecule has 2 heteroatoms. The van der Waals surface area contributed by atoms with Gasteiger partial charge in [0.1, 0.15) is 0 Å². The van der Waals surface area contributed by atoms with E-state index in [0.29, 0.717) is 18.4 Å². The Morgan fingerprint density at radius 1 is 1.26 bits per heavy atom. The maximum Gasteiger partial charge on any atom is 0.230 e. The molecule has 3 atom stereocenters. The van der Waals surface area contributed by atoms with Crippen LogP contribution in [-0.2, 0) is 4.79 Å². The lowest BCUT2D eigenvalue weighted by molar-refractivity contribution is -0.123. The highest BCUT2D eigenvalue weighted by atomic mass is 16.2. The first kappa shape index (κ1) is 12.5. The fraction of sp³-hybridized carbons (Fsp3) is 0.471. The van der Waals surface area contributed by atoms with E-state index in [4.69, 9.17) is 0 Å². The van der Waals surface area contributed by atoms with Crippen LogP contribution in [0.5, 0.6) is 0 Å². The molecule has 2 nitrogen and oxygen atoms in total. The van der Waals surface area contributed by atoms with Crippen molar-refractivity contribution in [1.82, 2.24) is 0 Å². The number of hydrogen-bond acceptors (Lipinski definition) is 1. The van der Waals surface area contributed by atoms with E-state index < -0.39 is 0 Å². The predicted molar refractivity (Wildman–Crippen MR) is 77.9 cm³/mol. The molecule has 2 fully saturated rings. The minimum Gasteiger partial charge on any atom is -0.308 e. The van der Waals surface area contributed by atoms with Crippen LogP contribution in [0.2, 0.25) is 0 Å². The minimum atomic E-state index is 0.249. The Bertz CT molecular complexity index is 467. The number of carbonyl (C=O) groups excluding carboxylic acids is 1. The Kier molecular flexibility index (Phi) is 3.41. The Hall–Kier alpha value is -1.57. The zero-order chi connectivity index (χ0) is 13.2. The fourth-order valence-electron chi connectivity index (χ4n) is 3.81. The van der Waals surface area contributed by atoms with Crippen LogP contribution in [0.15, 0.2) is 43.0 Å². The molecule has 0 saturated heterocycles. The third-order valence-corrected chi connectivity index (χ3v) is 4.70. The summed E-state index contributed by atoms with van der Waals surface area (Å²) in [5.41, 5.74) is 0.996. The average Bonchev–Trinajstić information content (AvgIpc) is 3.07. The van der Waals surface area contributed by atoms with Crippen LogP contribution < -0.4 is 4.90 Å². The summed E-state index contributed by atoms with van der Waals surface area (Å²) in [4.78, 5) is 14.7. The first-order valence-electron chi connectivity index (χ1n) is 7.27. The molecular weight excluding hydrogens is 234 g/mol. The van der Waals surface area contributed by atoms with Crippen LogP contribution in [-0.4, -0.2) is 12.5 Å². The molecule has 0 N–H and O–H groups in total. The molecule has 1 amide bonds. The summed E-state index contributed by atoms with van der Waals surface area (Å²) in [5.74, 6) is 1.99. The third-order valence-electron chi connectivity index (χ3n) is 4.70. The Labute approximate surface area is 115 Å². The number of para-hydroxylation sites is 1. The van der Waals surface area contributed by atoms with Crippen LogP contribution in [0.1, 0.15) is 25.7 Å². The smallest absolute Gasteiger partial charge is 0.230 e. The SMILES string of the molecule is C=CCN(C(=O)C1CC2CCC1C2)c1ccccc1. The molecule has 1 aromatic carbocycles. The van der Waals surface area contributed by atoms with E-state index in [1.54, 1.807) is 0 Å². The van der Waals surface area contributed by atoms with Crippen LogP contribution >= 0.6 is 0 Å². The van der Waals surface area contributed by atoms with Gasteiger partial charge in [-0.3, -0.25) is 4.79 Å². The molecule has 0 aliphatic heterocycles. The molecule has 2 bridgehead atoms. The van der Waals surface area contributed by atoms with Crippen molar-refractivity contribution in [1.29, 1.82) is 0 Å². The van der Waals surface area contributed by atoms with Crippen LogP contribution in [0.25, 0.3) is 0 Å². The molecule has 0 spiro atoms. The van der Waals surface area contributed by atoms with Crippen molar-refractivity contribution in [3.8, 4) is 0 Å². The Morgan fingerprint density at radius 3 is 2.63 bits per heavy atom. The first-order valence-corrected chi connectivity index (χ1v) is 7.27. The van der Waals surface area contributed by atoms with Crippen LogP contribution in [0.4, 0.5) is 5.69 Å². The summed E-state index contributed by atoms with van der Waals surface area (Å²) in [5, 5.41) is 0. The van der Waals surface area contributed by atoms with E-state index in [9.17, 15) is 4.79 Å². The summed E-state index contributed by atoms with van der Waals surface area (Å²) >= 11 is 0. The highest BCUT2D eigenvalue weighted by Crippen LogP contribution is 2.49. The van der Waals surface area contributed by atoms with Gasteiger partial charge in [-0.2, -0.15) is 0 Å². The normalized spacial score (nSPS) is 28.3. The molecule has 3 unspecified atom stereocenters. The van der Waals surface area contributed by atoms with Gasteiger partial charge in [0.15, 0.2) is 0 Å². The molecule has 2 saturated carbocycles. The van der Waals surface area contributed by atoms with Gasteiger partial charge < -0.3 is 4.90 Å². The fourth-order valence-corrected chi connectivity index (χ4v) is 3.81. The highest BCUT2D eigenvalue weighted by molar-refractivity contribution is 5.95. The summed E-state index contributed by atoms with van der Waals surface area (Å²) in [6.07, 6.45) is 6.77. The first-order chi connectivity index (χ1) is 9.29. The number of nitrogens with zero attached hydrogens (tertiary/aromatic N) is 1. The zero-order valence-electron chi connectivity index (χ0n) is 11.3. The second-order valence-electron chi connectivity index (χ2n) is 5.85. The Balaban J connectivity index is 1.80. The molecule has 0 aromatic heterocycles. The molecule has 1 aromatic rings. The van der Waals surface area contributed by atoms with Crippen molar-refractivity contribution in [2.24, 2.45) is 17.8 Å². The summed E-state index contributed by atoms with van der Waals surface area (Å²) < 4.78 is 0. The van der Waals surface area contributed by atoms with Crippen LogP contribution in [0.3, 0.4) is 0 Å². The number of carbonyl (C=O) groups is 1. The van der Waals surface area contributed by atoms with E-state index in [-0.39, 0.29) is 5.92 Å². The molecule has 3 rings (SSSR count). The van der Waals surface area contributed by atoms with Gasteiger partial charge in [0.2, 0.25) is 5.91 Å². The third kappa shape index (κ3) is 2.32. The van der Waals surface area contributed by atoms with Gasteiger partial charge in [0.25, 0.3) is 0 Å². The quantitative estimate of drug-likeness (QED) is 0.752. The lowest BCUT2D eigenvalue weighted by atomic mass is 9.87. The molecule has 2 aliphatic rings. The Morgan fingerprint density at radius 2 is 2.05 bits per heavy atom. The van der Waals surface area contributed by atoms with Crippen molar-refractivity contribution in [2.45, 2.75) is 25.7 Å². The molecule has 100 valence electrons. The number of fused-ring (bicyclic) bond motifs is 2. The average molecular weight is 255 g/mol. The molecule has 0 radical (unpaired) electrons. The van der Waals surface area contributed by atoms with Gasteiger partial charge in [-0.1, -0.05) is 30.7 Å². The van der Waals surface area contributed by atoms with Gasteiger partial charge in [0.05, 0.1) is 0 Å². The molecule has 19 heavy (non-hydrogen) atoms. The summed E-state index contributed by atoms with van der Waals surface area (Å²) in [6.45, 7) is 4.40. The van der Waals surface area contributed by atoms with E-state index in [0.717, 1.165) is 18.0 Å². The topological polar surface area (TPSA) is 20.3 Å². The van der Waals surface area contributed by atoms with E-state index in [1.165, 1.54) is 19.3 Å². The lowest BCUT2D eigenvalue weighted by Crippen LogP contribution is -2.38. The van der Waals surface area contributed by atoms with Gasteiger partial charge in [0, 0.05) is 18.2 Å². The van der Waals surface area contributed by atoms with Gasteiger partial charge in [-0.15, -0.1) is 6.58 Å². The van der Waals surface area contributed by atoms with Crippen molar-refractivity contribution in [2.75, 3.05) is 11.4 Å². The van der Waals surface area contributed by atoms with E-state index in [1.807, 2.05) is 41.3 Å². The molecular formula is C17H21NO. The second kappa shape index (κ2) is 5.20. The number of amides is 1. The van der Waals surface area contributed by atoms with Gasteiger partial charge >= 0.3 is 0 Å². The second-order valence-corrected chi connectivity index (χ2v) is 5.85. The van der Waals surface area contributed by atoms with Gasteiger partial charge in [-0.25, -0.2) is 0 Å². The van der Waals surface area contributed by atoms with Crippen LogP contribution in [0, 0.1) is 17.8 Å². The van der Waals surface area contributed by atoms with Crippen molar-refractivity contribution >= 4 is 11.6 Å². The molecule has 0 heterocycles. The lowest BCUT2D eigenvalue weighted by Gasteiger charge is -2.28. The maximum atomic E-state index is 12.8. The number of rotatable bonds is 4. The van der Waals surface area contributed by atoms with E-state index >= 15 is 0 Å². The standard InChI is InChI=1S/C17H21NO/c1-2-10-18(15-6-4-3-5-7-15)17(19)16-12-13-8-9-14(16)11-13/h2-7,13-14,16H,1,8-12H2. The van der Waals surface area contributed by atoms with Crippen molar-refractivity contribution in [3.05, 3.63) is 43.0 Å². The largest absolute Gasteiger partial charge is 0.308 e. The highest BCUT2D eigenvalue weighted by Gasteiger charge is 2.44. The van der Waals surface area contributed by atoms with Crippen molar-refractivity contribution in [3.63, 3.8) is 0 Å². The monoisotopic (exact) mass is 255 g/mol. The number of hydrogen-bond donors (Lipinski definition) is 0. The summed E-state index contributed by atoms with van der Waals surface area (Å²) in [7, 11) is 0. The number of benzene rings is 1. The van der Waals surface area contributed by atoms with Crippen molar-refractivity contribution < 1.29 is 4.79 Å². The number of anilines is 1. The molecule has 2 aliphatic carbocycles. The zero-order valence-corrected chi connectivity index (χ0v) is 11.3. The predicted octanol–water partition coefficient (Wildman–Crippen LogP) is 3.64.